The van der Waals surface area contributed by atoms with E-state index >= 15 is 0 Å². The fourth-order valence-corrected chi connectivity index (χ4v) is 2.58. The van der Waals surface area contributed by atoms with Gasteiger partial charge in [0.05, 0.1) is 6.04 Å². The molecule has 1 aliphatic rings. The zero-order chi connectivity index (χ0) is 16.1. The molecule has 2 N–H and O–H groups in total. The van der Waals surface area contributed by atoms with E-state index in [0.29, 0.717) is 12.6 Å². The van der Waals surface area contributed by atoms with Crippen LogP contribution in [-0.4, -0.2) is 16.1 Å². The number of thiocarbonyl (C=S) groups is 1. The summed E-state index contributed by atoms with van der Waals surface area (Å²) in [7, 11) is 0. The molecule has 23 heavy (non-hydrogen) atoms. The fourth-order valence-electron chi connectivity index (χ4n) is 2.24. The van der Waals surface area contributed by atoms with Gasteiger partial charge in [0.15, 0.2) is 5.11 Å². The van der Waals surface area contributed by atoms with E-state index in [1.807, 2.05) is 30.5 Å². The Balaban J connectivity index is 1.50. The first-order valence-electron chi connectivity index (χ1n) is 7.89. The molecule has 0 radical (unpaired) electrons. The molecule has 0 amide bonds. The van der Waals surface area contributed by atoms with Crippen LogP contribution in [0.2, 0.25) is 0 Å². The molecule has 3 rings (SSSR count). The average Bonchev–Trinajstić information content (AvgIpc) is 3.38. The van der Waals surface area contributed by atoms with Crippen LogP contribution in [0.1, 0.15) is 36.9 Å². The van der Waals surface area contributed by atoms with Gasteiger partial charge in [0.25, 0.3) is 0 Å². The number of hydrogen-bond acceptors (Lipinski definition) is 3. The molecule has 4 nitrogen and oxygen atoms in total. The zero-order valence-electron chi connectivity index (χ0n) is 13.2. The Bertz CT molecular complexity index is 641. The van der Waals surface area contributed by atoms with Crippen molar-refractivity contribution in [2.45, 2.75) is 38.5 Å². The second kappa shape index (κ2) is 7.42. The maximum atomic E-state index is 5.77. The summed E-state index contributed by atoms with van der Waals surface area (Å²) in [6.45, 7) is 2.63. The van der Waals surface area contributed by atoms with Gasteiger partial charge in [-0.15, -0.1) is 0 Å². The summed E-state index contributed by atoms with van der Waals surface area (Å²) in [5.74, 6) is 0.850. The summed E-state index contributed by atoms with van der Waals surface area (Å²) in [5, 5.41) is 7.34. The molecule has 1 aromatic heterocycles. The van der Waals surface area contributed by atoms with Gasteiger partial charge in [-0.3, -0.25) is 4.98 Å². The number of ether oxygens (including phenoxy) is 1. The van der Waals surface area contributed by atoms with Crippen molar-refractivity contribution in [1.29, 1.82) is 0 Å². The number of nitrogens with one attached hydrogen (secondary N) is 2. The first-order valence-corrected chi connectivity index (χ1v) is 8.30. The molecule has 0 aliphatic heterocycles. The minimum atomic E-state index is 0.168. The molecule has 0 spiro atoms. The summed E-state index contributed by atoms with van der Waals surface area (Å²) in [5.41, 5.74) is 2.24. The van der Waals surface area contributed by atoms with E-state index < -0.39 is 0 Å². The minimum Gasteiger partial charge on any atom is -0.489 e. The third kappa shape index (κ3) is 4.93. The molecular formula is C18H21N3OS. The van der Waals surface area contributed by atoms with Crippen molar-refractivity contribution in [2.75, 3.05) is 0 Å². The highest BCUT2D eigenvalue weighted by molar-refractivity contribution is 7.80. The Morgan fingerprint density at radius 3 is 2.74 bits per heavy atom. The van der Waals surface area contributed by atoms with E-state index in [4.69, 9.17) is 17.0 Å². The summed E-state index contributed by atoms with van der Waals surface area (Å²) in [6, 6.07) is 12.8. The molecule has 1 heterocycles. The molecule has 1 saturated carbocycles. The summed E-state index contributed by atoms with van der Waals surface area (Å²) in [6.07, 6.45) is 6.02. The Hall–Kier alpha value is -2.14. The lowest BCUT2D eigenvalue weighted by molar-refractivity contribution is 0.305. The highest BCUT2D eigenvalue weighted by Crippen LogP contribution is 2.20. The van der Waals surface area contributed by atoms with E-state index in [0.717, 1.165) is 16.4 Å². The topological polar surface area (TPSA) is 46.2 Å². The van der Waals surface area contributed by atoms with Crippen molar-refractivity contribution in [3.8, 4) is 5.75 Å². The van der Waals surface area contributed by atoms with E-state index in [1.54, 1.807) is 6.20 Å². The van der Waals surface area contributed by atoms with Crippen molar-refractivity contribution < 1.29 is 4.74 Å². The number of hydrogen-bond donors (Lipinski definition) is 2. The van der Waals surface area contributed by atoms with Crippen LogP contribution in [0.5, 0.6) is 5.75 Å². The van der Waals surface area contributed by atoms with Crippen molar-refractivity contribution in [1.82, 2.24) is 15.6 Å². The van der Waals surface area contributed by atoms with Gasteiger partial charge in [-0.2, -0.15) is 0 Å². The predicted octanol–water partition coefficient (Wildman–Crippen LogP) is 3.35. The van der Waals surface area contributed by atoms with Crippen molar-refractivity contribution in [3.63, 3.8) is 0 Å². The van der Waals surface area contributed by atoms with Crippen LogP contribution >= 0.6 is 12.2 Å². The lowest BCUT2D eigenvalue weighted by atomic mass is 10.1. The molecule has 1 aromatic carbocycles. The van der Waals surface area contributed by atoms with Crippen LogP contribution in [0.25, 0.3) is 0 Å². The van der Waals surface area contributed by atoms with Gasteiger partial charge in [0.1, 0.15) is 12.4 Å². The van der Waals surface area contributed by atoms with Gasteiger partial charge in [-0.1, -0.05) is 18.2 Å². The lowest BCUT2D eigenvalue weighted by Crippen LogP contribution is -2.37. The molecule has 1 fully saturated rings. The summed E-state index contributed by atoms with van der Waals surface area (Å²) in [4.78, 5) is 4.08. The maximum Gasteiger partial charge on any atom is 0.166 e. The maximum absolute atomic E-state index is 5.77. The van der Waals surface area contributed by atoms with Gasteiger partial charge in [0, 0.05) is 24.0 Å². The van der Waals surface area contributed by atoms with Crippen LogP contribution in [0.3, 0.4) is 0 Å². The summed E-state index contributed by atoms with van der Waals surface area (Å²) >= 11 is 5.32. The van der Waals surface area contributed by atoms with Crippen LogP contribution in [0, 0.1) is 0 Å². The van der Waals surface area contributed by atoms with Crippen LogP contribution < -0.4 is 15.4 Å². The second-order valence-corrected chi connectivity index (χ2v) is 6.24. The standard InChI is InChI=1S/C18H21N3OS/c1-13(20-18(23)21-16-6-7-16)15-4-8-17(9-5-15)22-12-14-3-2-10-19-11-14/h2-5,8-11,13,16H,6-7,12H2,1H3,(H2,20,21,23)/t13-/m1/s1. The highest BCUT2D eigenvalue weighted by atomic mass is 32.1. The molecule has 120 valence electrons. The quantitative estimate of drug-likeness (QED) is 0.797. The molecule has 1 aliphatic carbocycles. The van der Waals surface area contributed by atoms with Gasteiger partial charge in [0.2, 0.25) is 0 Å². The number of rotatable bonds is 6. The molecule has 0 unspecified atom stereocenters. The monoisotopic (exact) mass is 327 g/mol. The largest absolute Gasteiger partial charge is 0.489 e. The Kier molecular flexibility index (Phi) is 5.08. The van der Waals surface area contributed by atoms with E-state index in [-0.39, 0.29) is 6.04 Å². The van der Waals surface area contributed by atoms with Crippen molar-refractivity contribution >= 4 is 17.3 Å². The minimum absolute atomic E-state index is 0.168. The summed E-state index contributed by atoms with van der Waals surface area (Å²) < 4.78 is 5.77. The fraction of sp³-hybridized carbons (Fsp3) is 0.333. The van der Waals surface area contributed by atoms with Gasteiger partial charge < -0.3 is 15.4 Å². The lowest BCUT2D eigenvalue weighted by Gasteiger charge is -2.17. The van der Waals surface area contributed by atoms with Crippen molar-refractivity contribution in [2.24, 2.45) is 0 Å². The number of aromatic nitrogens is 1. The zero-order valence-corrected chi connectivity index (χ0v) is 14.0. The first-order chi connectivity index (χ1) is 11.2. The molecule has 5 heteroatoms. The highest BCUT2D eigenvalue weighted by Gasteiger charge is 2.22. The number of benzene rings is 1. The molecule has 1 atom stereocenters. The SMILES string of the molecule is C[C@@H](NC(=S)NC1CC1)c1ccc(OCc2cccnc2)cc1. The number of pyridine rings is 1. The predicted molar refractivity (Wildman–Crippen MR) is 95.3 cm³/mol. The Labute approximate surface area is 142 Å². The third-order valence-electron chi connectivity index (χ3n) is 3.77. The average molecular weight is 327 g/mol. The second-order valence-electron chi connectivity index (χ2n) is 5.83. The van der Waals surface area contributed by atoms with Crippen LogP contribution in [0.4, 0.5) is 0 Å². The van der Waals surface area contributed by atoms with E-state index in [1.165, 1.54) is 18.4 Å². The normalized spacial score (nSPS) is 14.8. The number of nitrogens with zero attached hydrogens (tertiary/aromatic N) is 1. The van der Waals surface area contributed by atoms with Gasteiger partial charge >= 0.3 is 0 Å². The molecule has 0 bridgehead atoms. The van der Waals surface area contributed by atoms with Gasteiger partial charge in [-0.25, -0.2) is 0 Å². The van der Waals surface area contributed by atoms with Crippen LogP contribution in [-0.2, 0) is 6.61 Å². The van der Waals surface area contributed by atoms with Gasteiger partial charge in [-0.05, 0) is 55.7 Å². The smallest absolute Gasteiger partial charge is 0.166 e. The molecule has 2 aromatic rings. The van der Waals surface area contributed by atoms with E-state index in [2.05, 4.69) is 34.7 Å². The van der Waals surface area contributed by atoms with E-state index in [9.17, 15) is 0 Å². The molecule has 0 saturated heterocycles. The van der Waals surface area contributed by atoms with Crippen molar-refractivity contribution in [3.05, 3.63) is 59.9 Å². The first kappa shape index (κ1) is 15.7. The Morgan fingerprint density at radius 2 is 2.09 bits per heavy atom. The molecular weight excluding hydrogens is 306 g/mol. The Morgan fingerprint density at radius 1 is 1.30 bits per heavy atom. The third-order valence-corrected chi connectivity index (χ3v) is 4.00. The van der Waals surface area contributed by atoms with Crippen LogP contribution in [0.15, 0.2) is 48.8 Å².